The molecule has 5 nitrogen and oxygen atoms in total. The van der Waals surface area contributed by atoms with Crippen molar-refractivity contribution in [2.24, 2.45) is 0 Å². The van der Waals surface area contributed by atoms with Gasteiger partial charge in [0.2, 0.25) is 5.95 Å². The van der Waals surface area contributed by atoms with E-state index in [4.69, 9.17) is 4.74 Å². The first-order chi connectivity index (χ1) is 12.1. The van der Waals surface area contributed by atoms with Gasteiger partial charge >= 0.3 is 0 Å². The van der Waals surface area contributed by atoms with Crippen LogP contribution < -0.4 is 15.4 Å². The van der Waals surface area contributed by atoms with Crippen LogP contribution in [0.25, 0.3) is 0 Å². The van der Waals surface area contributed by atoms with Crippen LogP contribution in [0.5, 0.6) is 5.75 Å². The van der Waals surface area contributed by atoms with Crippen molar-refractivity contribution in [3.63, 3.8) is 0 Å². The standard InChI is InChI=1S/C20H22N4O/c1-14-7-9-16(10-8-14)13-21-19-11-15(2)22-20(24-19)23-17-5-4-6-18(12-17)25-3/h4-12H,13H2,1-3H3,(H2,21,22,23,24). The Hall–Kier alpha value is -3.08. The monoisotopic (exact) mass is 334 g/mol. The van der Waals surface area contributed by atoms with Crippen molar-refractivity contribution in [3.05, 3.63) is 71.4 Å². The molecule has 3 aromatic rings. The number of aromatic nitrogens is 2. The van der Waals surface area contributed by atoms with Crippen molar-refractivity contribution in [3.8, 4) is 5.75 Å². The molecular formula is C20H22N4O. The van der Waals surface area contributed by atoms with Gasteiger partial charge in [0, 0.05) is 30.1 Å². The molecule has 25 heavy (non-hydrogen) atoms. The first-order valence-corrected chi connectivity index (χ1v) is 8.18. The molecule has 2 N–H and O–H groups in total. The van der Waals surface area contributed by atoms with Crippen LogP contribution in [0.15, 0.2) is 54.6 Å². The summed E-state index contributed by atoms with van der Waals surface area (Å²) in [7, 11) is 1.65. The first-order valence-electron chi connectivity index (χ1n) is 8.18. The maximum atomic E-state index is 5.24. The van der Waals surface area contributed by atoms with E-state index in [9.17, 15) is 0 Å². The van der Waals surface area contributed by atoms with Crippen molar-refractivity contribution in [1.29, 1.82) is 0 Å². The fourth-order valence-electron chi connectivity index (χ4n) is 2.44. The first kappa shape index (κ1) is 16.8. The lowest BCUT2D eigenvalue weighted by atomic mass is 10.1. The minimum atomic E-state index is 0.555. The van der Waals surface area contributed by atoms with E-state index in [1.807, 2.05) is 37.3 Å². The predicted octanol–water partition coefficient (Wildman–Crippen LogP) is 4.46. The molecule has 0 radical (unpaired) electrons. The van der Waals surface area contributed by atoms with Crippen LogP contribution in [-0.2, 0) is 6.54 Å². The zero-order chi connectivity index (χ0) is 17.6. The van der Waals surface area contributed by atoms with Crippen LogP contribution in [0.2, 0.25) is 0 Å². The number of nitrogens with one attached hydrogen (secondary N) is 2. The van der Waals surface area contributed by atoms with E-state index >= 15 is 0 Å². The zero-order valence-electron chi connectivity index (χ0n) is 14.7. The molecule has 0 unspecified atom stereocenters. The second kappa shape index (κ2) is 7.66. The number of anilines is 3. The minimum Gasteiger partial charge on any atom is -0.497 e. The van der Waals surface area contributed by atoms with E-state index in [0.717, 1.165) is 29.5 Å². The van der Waals surface area contributed by atoms with Crippen molar-refractivity contribution in [2.45, 2.75) is 20.4 Å². The van der Waals surface area contributed by atoms with Gasteiger partial charge in [-0.3, -0.25) is 0 Å². The Morgan fingerprint density at radius 1 is 0.960 bits per heavy atom. The molecule has 1 heterocycles. The summed E-state index contributed by atoms with van der Waals surface area (Å²) in [6.45, 7) is 4.76. The maximum Gasteiger partial charge on any atom is 0.229 e. The van der Waals surface area contributed by atoms with Crippen LogP contribution in [0.1, 0.15) is 16.8 Å². The molecule has 0 aliphatic carbocycles. The number of ether oxygens (including phenoxy) is 1. The number of hydrogen-bond donors (Lipinski definition) is 2. The van der Waals surface area contributed by atoms with Crippen LogP contribution >= 0.6 is 0 Å². The number of aryl methyl sites for hydroxylation is 2. The third-order valence-electron chi connectivity index (χ3n) is 3.77. The highest BCUT2D eigenvalue weighted by Crippen LogP contribution is 2.20. The molecule has 0 aliphatic heterocycles. The molecule has 5 heteroatoms. The van der Waals surface area contributed by atoms with E-state index in [-0.39, 0.29) is 0 Å². The lowest BCUT2D eigenvalue weighted by molar-refractivity contribution is 0.415. The van der Waals surface area contributed by atoms with Crippen LogP contribution in [0.4, 0.5) is 17.5 Å². The molecule has 128 valence electrons. The smallest absolute Gasteiger partial charge is 0.229 e. The Labute approximate surface area is 148 Å². The van der Waals surface area contributed by atoms with Crippen molar-refractivity contribution in [1.82, 2.24) is 9.97 Å². The summed E-state index contributed by atoms with van der Waals surface area (Å²) in [6, 6.07) is 18.1. The molecule has 0 amide bonds. The Kier molecular flexibility index (Phi) is 5.14. The van der Waals surface area contributed by atoms with Crippen molar-refractivity contribution < 1.29 is 4.74 Å². The molecule has 0 aliphatic rings. The van der Waals surface area contributed by atoms with E-state index in [1.54, 1.807) is 7.11 Å². The number of rotatable bonds is 6. The summed E-state index contributed by atoms with van der Waals surface area (Å²) < 4.78 is 5.24. The molecule has 3 rings (SSSR count). The molecule has 0 bridgehead atoms. The fraction of sp³-hybridized carbons (Fsp3) is 0.200. The normalized spacial score (nSPS) is 10.4. The van der Waals surface area contributed by atoms with Gasteiger partial charge in [0.25, 0.3) is 0 Å². The third-order valence-corrected chi connectivity index (χ3v) is 3.77. The highest BCUT2D eigenvalue weighted by molar-refractivity contribution is 5.57. The van der Waals surface area contributed by atoms with Gasteiger partial charge in [0.05, 0.1) is 7.11 Å². The second-order valence-electron chi connectivity index (χ2n) is 5.91. The average molecular weight is 334 g/mol. The number of nitrogens with zero attached hydrogens (tertiary/aromatic N) is 2. The highest BCUT2D eigenvalue weighted by Gasteiger charge is 2.04. The largest absolute Gasteiger partial charge is 0.497 e. The Morgan fingerprint density at radius 2 is 1.76 bits per heavy atom. The number of methoxy groups -OCH3 is 1. The molecule has 2 aromatic carbocycles. The SMILES string of the molecule is COc1cccc(Nc2nc(C)cc(NCc3ccc(C)cc3)n2)c1. The number of benzene rings is 2. The van der Waals surface area contributed by atoms with Crippen molar-refractivity contribution in [2.75, 3.05) is 17.7 Å². The maximum absolute atomic E-state index is 5.24. The third kappa shape index (κ3) is 4.70. The molecule has 0 fully saturated rings. The van der Waals surface area contributed by atoms with Gasteiger partial charge in [0.15, 0.2) is 0 Å². The quantitative estimate of drug-likeness (QED) is 0.697. The second-order valence-corrected chi connectivity index (χ2v) is 5.91. The van der Waals surface area contributed by atoms with E-state index in [2.05, 4.69) is 51.8 Å². The Balaban J connectivity index is 1.72. The Morgan fingerprint density at radius 3 is 2.52 bits per heavy atom. The lowest BCUT2D eigenvalue weighted by Gasteiger charge is -2.11. The molecule has 0 saturated heterocycles. The van der Waals surface area contributed by atoms with Crippen molar-refractivity contribution >= 4 is 17.5 Å². The van der Waals surface area contributed by atoms with Gasteiger partial charge in [-0.05, 0) is 31.5 Å². The minimum absolute atomic E-state index is 0.555. The summed E-state index contributed by atoms with van der Waals surface area (Å²) in [5.41, 5.74) is 4.25. The molecule has 0 saturated carbocycles. The van der Waals surface area contributed by atoms with E-state index in [1.165, 1.54) is 11.1 Å². The average Bonchev–Trinajstić information content (AvgIpc) is 2.61. The number of hydrogen-bond acceptors (Lipinski definition) is 5. The molecule has 0 spiro atoms. The van der Waals surface area contributed by atoms with Gasteiger partial charge in [0.1, 0.15) is 11.6 Å². The fourth-order valence-corrected chi connectivity index (χ4v) is 2.44. The van der Waals surface area contributed by atoms with Crippen LogP contribution in [0, 0.1) is 13.8 Å². The van der Waals surface area contributed by atoms with Gasteiger partial charge < -0.3 is 15.4 Å². The molecular weight excluding hydrogens is 312 g/mol. The molecule has 0 atom stereocenters. The summed E-state index contributed by atoms with van der Waals surface area (Å²) in [5.74, 6) is 2.13. The summed E-state index contributed by atoms with van der Waals surface area (Å²) in [6.07, 6.45) is 0. The molecule has 1 aromatic heterocycles. The summed E-state index contributed by atoms with van der Waals surface area (Å²) in [4.78, 5) is 8.99. The zero-order valence-corrected chi connectivity index (χ0v) is 14.7. The Bertz CT molecular complexity index is 847. The van der Waals surface area contributed by atoms with E-state index in [0.29, 0.717) is 5.95 Å². The highest BCUT2D eigenvalue weighted by atomic mass is 16.5. The van der Waals surface area contributed by atoms with Crippen LogP contribution in [-0.4, -0.2) is 17.1 Å². The predicted molar refractivity (Wildman–Crippen MR) is 102 cm³/mol. The summed E-state index contributed by atoms with van der Waals surface area (Å²) in [5, 5.41) is 6.58. The van der Waals surface area contributed by atoms with E-state index < -0.39 is 0 Å². The topological polar surface area (TPSA) is 59.1 Å². The van der Waals surface area contributed by atoms with Gasteiger partial charge in [-0.1, -0.05) is 35.9 Å². The van der Waals surface area contributed by atoms with Gasteiger partial charge in [-0.2, -0.15) is 4.98 Å². The lowest BCUT2D eigenvalue weighted by Crippen LogP contribution is -2.05. The van der Waals surface area contributed by atoms with Crippen LogP contribution in [0.3, 0.4) is 0 Å². The van der Waals surface area contributed by atoms with Gasteiger partial charge in [-0.25, -0.2) is 4.98 Å². The summed E-state index contributed by atoms with van der Waals surface area (Å²) >= 11 is 0. The van der Waals surface area contributed by atoms with Gasteiger partial charge in [-0.15, -0.1) is 0 Å².